The van der Waals surface area contributed by atoms with Gasteiger partial charge in [-0.2, -0.15) is 0 Å². The summed E-state index contributed by atoms with van der Waals surface area (Å²) in [6, 6.07) is 9.33. The molecule has 0 amide bonds. The van der Waals surface area contributed by atoms with Crippen LogP contribution in [-0.4, -0.2) is 11.9 Å². The van der Waals surface area contributed by atoms with Crippen LogP contribution < -0.4 is 0 Å². The largest absolute Gasteiger partial charge is 0.393 e. The maximum atomic E-state index is 11.8. The average Bonchev–Trinajstić information content (AvgIpc) is 2.40. The van der Waals surface area contributed by atoms with Gasteiger partial charge in [0.1, 0.15) is 0 Å². The van der Waals surface area contributed by atoms with E-state index in [2.05, 4.69) is 0 Å². The number of benzene rings is 1. The Morgan fingerprint density at radius 1 is 1.06 bits per heavy atom. The average molecular weight is 246 g/mol. The lowest BCUT2D eigenvalue weighted by atomic mass is 9.89. The van der Waals surface area contributed by atoms with Crippen molar-refractivity contribution in [1.82, 2.24) is 0 Å². The van der Waals surface area contributed by atoms with Crippen LogP contribution in [0.3, 0.4) is 0 Å². The molecule has 1 fully saturated rings. The van der Waals surface area contributed by atoms with E-state index in [0.29, 0.717) is 0 Å². The van der Waals surface area contributed by atoms with Crippen LogP contribution >= 0.6 is 0 Å². The highest BCUT2D eigenvalue weighted by atomic mass is 16.6. The molecule has 1 aromatic rings. The van der Waals surface area contributed by atoms with Gasteiger partial charge in [-0.15, -0.1) is 0 Å². The lowest BCUT2D eigenvalue weighted by Gasteiger charge is -2.19. The number of ether oxygens (including phenoxy) is 1. The van der Waals surface area contributed by atoms with Crippen LogP contribution in [0.15, 0.2) is 30.3 Å². The quantitative estimate of drug-likeness (QED) is 0.608. The van der Waals surface area contributed by atoms with Gasteiger partial charge in [-0.3, -0.25) is 9.59 Å². The Kier molecular flexibility index (Phi) is 4.51. The van der Waals surface area contributed by atoms with Crippen molar-refractivity contribution in [3.8, 4) is 0 Å². The summed E-state index contributed by atoms with van der Waals surface area (Å²) in [4.78, 5) is 23.4. The number of rotatable bonds is 3. The predicted molar refractivity (Wildman–Crippen MR) is 67.8 cm³/mol. The first-order valence-electron chi connectivity index (χ1n) is 6.54. The minimum absolute atomic E-state index is 0.0709. The van der Waals surface area contributed by atoms with Gasteiger partial charge in [0.25, 0.3) is 0 Å². The zero-order valence-electron chi connectivity index (χ0n) is 10.4. The predicted octanol–water partition coefficient (Wildman–Crippen LogP) is 2.88. The lowest BCUT2D eigenvalue weighted by molar-refractivity contribution is -0.162. The monoisotopic (exact) mass is 246 g/mol. The number of carbonyl (C=O) groups is 2. The molecule has 0 aliphatic heterocycles. The van der Waals surface area contributed by atoms with E-state index in [1.807, 2.05) is 30.3 Å². The van der Waals surface area contributed by atoms with E-state index < -0.39 is 5.97 Å². The van der Waals surface area contributed by atoms with Crippen molar-refractivity contribution >= 4 is 11.9 Å². The van der Waals surface area contributed by atoms with Crippen LogP contribution in [0.25, 0.3) is 0 Å². The van der Waals surface area contributed by atoms with E-state index in [-0.39, 0.29) is 18.3 Å². The van der Waals surface area contributed by atoms with Crippen molar-refractivity contribution in [2.45, 2.75) is 38.5 Å². The van der Waals surface area contributed by atoms with E-state index in [1.54, 1.807) is 0 Å². The molecule has 18 heavy (non-hydrogen) atoms. The van der Waals surface area contributed by atoms with Crippen molar-refractivity contribution in [3.05, 3.63) is 35.9 Å². The van der Waals surface area contributed by atoms with E-state index in [0.717, 1.165) is 31.2 Å². The molecule has 1 saturated carbocycles. The van der Waals surface area contributed by atoms with E-state index in [1.165, 1.54) is 6.42 Å². The maximum absolute atomic E-state index is 11.8. The summed E-state index contributed by atoms with van der Waals surface area (Å²) in [5.41, 5.74) is 0.874. The second-order valence-corrected chi connectivity index (χ2v) is 4.79. The number of esters is 2. The zero-order valence-corrected chi connectivity index (χ0v) is 10.4. The van der Waals surface area contributed by atoms with Crippen LogP contribution in [0, 0.1) is 5.92 Å². The van der Waals surface area contributed by atoms with Crippen molar-refractivity contribution in [3.63, 3.8) is 0 Å². The molecule has 0 unspecified atom stereocenters. The Bertz CT molecular complexity index is 405. The van der Waals surface area contributed by atoms with Gasteiger partial charge in [0, 0.05) is 0 Å². The Labute approximate surface area is 107 Å². The number of hydrogen-bond acceptors (Lipinski definition) is 3. The number of carbonyl (C=O) groups excluding carboxylic acids is 2. The molecule has 2 rings (SSSR count). The van der Waals surface area contributed by atoms with E-state index in [9.17, 15) is 9.59 Å². The molecule has 0 heterocycles. The molecule has 0 aromatic heterocycles. The fourth-order valence-electron chi connectivity index (χ4n) is 2.33. The van der Waals surface area contributed by atoms with Crippen LogP contribution in [0.4, 0.5) is 0 Å². The second-order valence-electron chi connectivity index (χ2n) is 4.79. The highest BCUT2D eigenvalue weighted by molar-refractivity contribution is 5.87. The molecule has 1 aliphatic rings. The Morgan fingerprint density at radius 3 is 2.39 bits per heavy atom. The van der Waals surface area contributed by atoms with Gasteiger partial charge in [-0.1, -0.05) is 49.6 Å². The summed E-state index contributed by atoms with van der Waals surface area (Å²) in [5, 5.41) is 0. The van der Waals surface area contributed by atoms with Gasteiger partial charge in [0.2, 0.25) is 0 Å². The Morgan fingerprint density at radius 2 is 1.72 bits per heavy atom. The SMILES string of the molecule is O=C(Cc1ccccc1)OC(=O)C1CCCCC1. The zero-order chi connectivity index (χ0) is 12.8. The van der Waals surface area contributed by atoms with E-state index >= 15 is 0 Å². The first kappa shape index (κ1) is 12.8. The molecule has 1 aliphatic carbocycles. The summed E-state index contributed by atoms with van der Waals surface area (Å²) in [6.45, 7) is 0. The lowest BCUT2D eigenvalue weighted by Crippen LogP contribution is -2.24. The highest BCUT2D eigenvalue weighted by Crippen LogP contribution is 2.24. The molecule has 0 N–H and O–H groups in total. The molecule has 0 spiro atoms. The summed E-state index contributed by atoms with van der Waals surface area (Å²) in [5.74, 6) is -0.856. The summed E-state index contributed by atoms with van der Waals surface area (Å²) < 4.78 is 4.92. The van der Waals surface area contributed by atoms with Gasteiger partial charge in [-0.25, -0.2) is 0 Å². The highest BCUT2D eigenvalue weighted by Gasteiger charge is 2.24. The normalized spacial score (nSPS) is 16.2. The standard InChI is InChI=1S/C15H18O3/c16-14(11-12-7-3-1-4-8-12)18-15(17)13-9-5-2-6-10-13/h1,3-4,7-8,13H,2,5-6,9-11H2. The Balaban J connectivity index is 1.82. The molecule has 0 atom stereocenters. The van der Waals surface area contributed by atoms with Gasteiger partial charge in [-0.05, 0) is 18.4 Å². The molecule has 3 heteroatoms. The summed E-state index contributed by atoms with van der Waals surface area (Å²) in [7, 11) is 0. The fourth-order valence-corrected chi connectivity index (χ4v) is 2.33. The maximum Gasteiger partial charge on any atom is 0.317 e. The molecule has 0 saturated heterocycles. The molecule has 1 aromatic carbocycles. The second kappa shape index (κ2) is 6.34. The van der Waals surface area contributed by atoms with Crippen LogP contribution in [0.1, 0.15) is 37.7 Å². The topological polar surface area (TPSA) is 43.4 Å². The van der Waals surface area contributed by atoms with Gasteiger partial charge in [0.15, 0.2) is 0 Å². The smallest absolute Gasteiger partial charge is 0.317 e. The fraction of sp³-hybridized carbons (Fsp3) is 0.467. The third kappa shape index (κ3) is 3.69. The van der Waals surface area contributed by atoms with Crippen molar-refractivity contribution in [2.24, 2.45) is 5.92 Å². The molecule has 0 bridgehead atoms. The molecular formula is C15H18O3. The third-order valence-electron chi connectivity index (χ3n) is 3.34. The van der Waals surface area contributed by atoms with Crippen LogP contribution in [0.5, 0.6) is 0 Å². The Hall–Kier alpha value is -1.64. The first-order valence-corrected chi connectivity index (χ1v) is 6.54. The van der Waals surface area contributed by atoms with Crippen molar-refractivity contribution in [2.75, 3.05) is 0 Å². The van der Waals surface area contributed by atoms with Crippen molar-refractivity contribution in [1.29, 1.82) is 0 Å². The molecular weight excluding hydrogens is 228 g/mol. The van der Waals surface area contributed by atoms with E-state index in [4.69, 9.17) is 4.74 Å². The summed E-state index contributed by atoms with van der Waals surface area (Å²) >= 11 is 0. The minimum atomic E-state index is -0.447. The summed E-state index contributed by atoms with van der Waals surface area (Å²) in [6.07, 6.45) is 5.19. The van der Waals surface area contributed by atoms with Crippen LogP contribution in [0.2, 0.25) is 0 Å². The number of hydrogen-bond donors (Lipinski definition) is 0. The molecule has 0 radical (unpaired) electrons. The minimum Gasteiger partial charge on any atom is -0.393 e. The van der Waals surface area contributed by atoms with Gasteiger partial charge < -0.3 is 4.74 Å². The molecule has 3 nitrogen and oxygen atoms in total. The van der Waals surface area contributed by atoms with Gasteiger partial charge >= 0.3 is 11.9 Å². The van der Waals surface area contributed by atoms with Crippen molar-refractivity contribution < 1.29 is 14.3 Å². The molecule has 96 valence electrons. The third-order valence-corrected chi connectivity index (χ3v) is 3.34. The first-order chi connectivity index (χ1) is 8.75. The van der Waals surface area contributed by atoms with Crippen LogP contribution in [-0.2, 0) is 20.7 Å². The van der Waals surface area contributed by atoms with Gasteiger partial charge in [0.05, 0.1) is 12.3 Å².